The molecule has 106 valence electrons. The lowest BCUT2D eigenvalue weighted by Gasteiger charge is -2.16. The number of phenols is 1. The number of benzene rings is 2. The number of methoxy groups -OCH3 is 2. The Morgan fingerprint density at radius 2 is 1.70 bits per heavy atom. The van der Waals surface area contributed by atoms with Gasteiger partial charge < -0.3 is 19.5 Å². The quantitative estimate of drug-likeness (QED) is 0.929. The molecule has 2 aromatic carbocycles. The summed E-state index contributed by atoms with van der Waals surface area (Å²) in [5.41, 5.74) is 2.45. The molecule has 0 radical (unpaired) electrons. The van der Waals surface area contributed by atoms with Crippen molar-refractivity contribution in [3.8, 4) is 28.4 Å². The van der Waals surface area contributed by atoms with Crippen molar-refractivity contribution < 1.29 is 14.6 Å². The molecule has 4 heteroatoms. The SMILES string of the molecule is COc1cccc(-c2ccc(N(C)C)cc2O)c1OC. The third kappa shape index (κ3) is 2.50. The highest BCUT2D eigenvalue weighted by Gasteiger charge is 2.14. The van der Waals surface area contributed by atoms with E-state index in [0.29, 0.717) is 17.1 Å². The van der Waals surface area contributed by atoms with Crippen LogP contribution in [0, 0.1) is 0 Å². The second kappa shape index (κ2) is 5.74. The molecule has 0 aliphatic rings. The number of ether oxygens (including phenoxy) is 2. The van der Waals surface area contributed by atoms with Gasteiger partial charge in [-0.15, -0.1) is 0 Å². The van der Waals surface area contributed by atoms with E-state index in [9.17, 15) is 5.11 Å². The Bertz CT molecular complexity index is 609. The van der Waals surface area contributed by atoms with Crippen LogP contribution in [0.4, 0.5) is 5.69 Å². The Balaban J connectivity index is 2.57. The maximum atomic E-state index is 10.3. The minimum atomic E-state index is 0.211. The summed E-state index contributed by atoms with van der Waals surface area (Å²) < 4.78 is 10.7. The van der Waals surface area contributed by atoms with Crippen LogP contribution in [0.25, 0.3) is 11.1 Å². The van der Waals surface area contributed by atoms with Crippen molar-refractivity contribution in [2.24, 2.45) is 0 Å². The van der Waals surface area contributed by atoms with Gasteiger partial charge >= 0.3 is 0 Å². The second-order valence-corrected chi connectivity index (χ2v) is 4.64. The highest BCUT2D eigenvalue weighted by molar-refractivity contribution is 5.79. The summed E-state index contributed by atoms with van der Waals surface area (Å²) in [5, 5.41) is 10.3. The first-order valence-corrected chi connectivity index (χ1v) is 6.30. The Morgan fingerprint density at radius 3 is 2.25 bits per heavy atom. The first-order chi connectivity index (χ1) is 9.58. The van der Waals surface area contributed by atoms with Gasteiger partial charge in [-0.05, 0) is 18.2 Å². The fourth-order valence-electron chi connectivity index (χ4n) is 2.13. The summed E-state index contributed by atoms with van der Waals surface area (Å²) in [7, 11) is 7.05. The molecule has 0 saturated heterocycles. The van der Waals surface area contributed by atoms with Crippen LogP contribution in [-0.4, -0.2) is 33.4 Å². The maximum Gasteiger partial charge on any atom is 0.168 e. The standard InChI is InChI=1S/C16H19NO3/c1-17(2)11-8-9-12(14(18)10-11)13-6-5-7-15(19-3)16(13)20-4/h5-10,18H,1-4H3. The van der Waals surface area contributed by atoms with E-state index in [1.165, 1.54) is 0 Å². The lowest BCUT2D eigenvalue weighted by atomic mass is 10.0. The minimum absolute atomic E-state index is 0.211. The zero-order valence-corrected chi connectivity index (χ0v) is 12.2. The summed E-state index contributed by atoms with van der Waals surface area (Å²) in [6.45, 7) is 0. The van der Waals surface area contributed by atoms with Crippen LogP contribution in [0.3, 0.4) is 0 Å². The number of nitrogens with zero attached hydrogens (tertiary/aromatic N) is 1. The van der Waals surface area contributed by atoms with Crippen molar-refractivity contribution in [1.82, 2.24) is 0 Å². The fraction of sp³-hybridized carbons (Fsp3) is 0.250. The predicted octanol–water partition coefficient (Wildman–Crippen LogP) is 3.14. The average Bonchev–Trinajstić information content (AvgIpc) is 2.46. The van der Waals surface area contributed by atoms with Crippen LogP contribution < -0.4 is 14.4 Å². The molecule has 2 aromatic rings. The number of phenolic OH excluding ortho intramolecular Hbond substituents is 1. The lowest BCUT2D eigenvalue weighted by Crippen LogP contribution is -2.08. The van der Waals surface area contributed by atoms with Crippen molar-refractivity contribution in [3.05, 3.63) is 36.4 Å². The minimum Gasteiger partial charge on any atom is -0.507 e. The van der Waals surface area contributed by atoms with E-state index in [0.717, 1.165) is 11.3 Å². The zero-order valence-electron chi connectivity index (χ0n) is 12.2. The van der Waals surface area contributed by atoms with Gasteiger partial charge in [-0.3, -0.25) is 0 Å². The first-order valence-electron chi connectivity index (χ1n) is 6.30. The number of hydrogen-bond acceptors (Lipinski definition) is 4. The predicted molar refractivity (Wildman–Crippen MR) is 81.0 cm³/mol. The topological polar surface area (TPSA) is 41.9 Å². The van der Waals surface area contributed by atoms with Gasteiger partial charge in [0.1, 0.15) is 5.75 Å². The van der Waals surface area contributed by atoms with Gasteiger partial charge in [0, 0.05) is 37.0 Å². The van der Waals surface area contributed by atoms with E-state index in [2.05, 4.69) is 0 Å². The van der Waals surface area contributed by atoms with E-state index in [4.69, 9.17) is 9.47 Å². The lowest BCUT2D eigenvalue weighted by molar-refractivity contribution is 0.356. The van der Waals surface area contributed by atoms with E-state index in [1.807, 2.05) is 49.3 Å². The number of para-hydroxylation sites is 1. The van der Waals surface area contributed by atoms with Crippen molar-refractivity contribution >= 4 is 5.69 Å². The van der Waals surface area contributed by atoms with Gasteiger partial charge in [-0.25, -0.2) is 0 Å². The summed E-state index contributed by atoms with van der Waals surface area (Å²) in [6, 6.07) is 11.2. The zero-order chi connectivity index (χ0) is 14.7. The molecule has 0 bridgehead atoms. The number of aromatic hydroxyl groups is 1. The van der Waals surface area contributed by atoms with Crippen LogP contribution in [0.15, 0.2) is 36.4 Å². The highest BCUT2D eigenvalue weighted by atomic mass is 16.5. The third-order valence-corrected chi connectivity index (χ3v) is 3.19. The van der Waals surface area contributed by atoms with Gasteiger partial charge in [0.25, 0.3) is 0 Å². The second-order valence-electron chi connectivity index (χ2n) is 4.64. The summed E-state index contributed by atoms with van der Waals surface area (Å²) in [5.74, 6) is 1.46. The molecule has 0 atom stereocenters. The Labute approximate surface area is 119 Å². The van der Waals surface area contributed by atoms with E-state index in [-0.39, 0.29) is 5.75 Å². The van der Waals surface area contributed by atoms with Crippen molar-refractivity contribution in [1.29, 1.82) is 0 Å². The van der Waals surface area contributed by atoms with Gasteiger partial charge in [-0.2, -0.15) is 0 Å². The van der Waals surface area contributed by atoms with E-state index >= 15 is 0 Å². The van der Waals surface area contributed by atoms with Crippen LogP contribution >= 0.6 is 0 Å². The molecule has 2 rings (SSSR count). The molecule has 0 aliphatic heterocycles. The fourth-order valence-corrected chi connectivity index (χ4v) is 2.13. The molecule has 4 nitrogen and oxygen atoms in total. The van der Waals surface area contributed by atoms with Crippen LogP contribution in [0.2, 0.25) is 0 Å². The molecular weight excluding hydrogens is 254 g/mol. The number of rotatable bonds is 4. The molecule has 0 heterocycles. The normalized spacial score (nSPS) is 10.2. The van der Waals surface area contributed by atoms with Crippen molar-refractivity contribution in [2.45, 2.75) is 0 Å². The molecule has 0 amide bonds. The maximum absolute atomic E-state index is 10.3. The van der Waals surface area contributed by atoms with Crippen molar-refractivity contribution in [2.75, 3.05) is 33.2 Å². The smallest absolute Gasteiger partial charge is 0.168 e. The van der Waals surface area contributed by atoms with Crippen LogP contribution in [0.5, 0.6) is 17.2 Å². The summed E-state index contributed by atoms with van der Waals surface area (Å²) in [6.07, 6.45) is 0. The van der Waals surface area contributed by atoms with E-state index < -0.39 is 0 Å². The Morgan fingerprint density at radius 1 is 0.950 bits per heavy atom. The Hall–Kier alpha value is -2.36. The average molecular weight is 273 g/mol. The van der Waals surface area contributed by atoms with Crippen LogP contribution in [-0.2, 0) is 0 Å². The summed E-state index contributed by atoms with van der Waals surface area (Å²) in [4.78, 5) is 1.94. The van der Waals surface area contributed by atoms with Gasteiger partial charge in [0.15, 0.2) is 11.5 Å². The summed E-state index contributed by atoms with van der Waals surface area (Å²) >= 11 is 0. The monoisotopic (exact) mass is 273 g/mol. The van der Waals surface area contributed by atoms with Crippen molar-refractivity contribution in [3.63, 3.8) is 0 Å². The molecule has 0 spiro atoms. The van der Waals surface area contributed by atoms with E-state index in [1.54, 1.807) is 20.3 Å². The van der Waals surface area contributed by atoms with Gasteiger partial charge in [0.2, 0.25) is 0 Å². The molecule has 0 aliphatic carbocycles. The number of hydrogen-bond donors (Lipinski definition) is 1. The molecule has 0 fully saturated rings. The van der Waals surface area contributed by atoms with Gasteiger partial charge in [0.05, 0.1) is 14.2 Å². The molecule has 0 unspecified atom stereocenters. The molecule has 20 heavy (non-hydrogen) atoms. The Kier molecular flexibility index (Phi) is 4.03. The highest BCUT2D eigenvalue weighted by Crippen LogP contribution is 2.42. The van der Waals surface area contributed by atoms with Gasteiger partial charge in [-0.1, -0.05) is 12.1 Å². The molecule has 0 saturated carbocycles. The first kappa shape index (κ1) is 14.1. The van der Waals surface area contributed by atoms with Crippen LogP contribution in [0.1, 0.15) is 0 Å². The molecular formula is C16H19NO3. The molecule has 0 aromatic heterocycles. The number of anilines is 1. The molecule has 1 N–H and O–H groups in total. The third-order valence-electron chi connectivity index (χ3n) is 3.19. The largest absolute Gasteiger partial charge is 0.507 e.